The van der Waals surface area contributed by atoms with E-state index < -0.39 is 5.91 Å². The molecule has 0 aliphatic carbocycles. The molecule has 3 rings (SSSR count). The number of ether oxygens (including phenoxy) is 3. The molecule has 8 heteroatoms. The zero-order valence-electron chi connectivity index (χ0n) is 18.6. The second kappa shape index (κ2) is 12.3. The molecule has 0 aromatic heterocycles. The normalized spacial score (nSPS) is 10.9. The van der Waals surface area contributed by atoms with Crippen LogP contribution in [0.3, 0.4) is 0 Å². The Kier molecular flexibility index (Phi) is 9.19. The van der Waals surface area contributed by atoms with Crippen LogP contribution in [0, 0.1) is 14.9 Å². The quantitative estimate of drug-likeness (QED) is 0.176. The summed E-state index contributed by atoms with van der Waals surface area (Å²) in [7, 11) is 1.50. The minimum absolute atomic E-state index is 0.0837. The summed E-state index contributed by atoms with van der Waals surface area (Å²) in [6.07, 6.45) is 1.45. The first kappa shape index (κ1) is 25.4. The number of carbonyl (C=O) groups is 1. The van der Waals surface area contributed by atoms with Gasteiger partial charge in [-0.05, 0) is 95.2 Å². The molecule has 0 unspecified atom stereocenters. The van der Waals surface area contributed by atoms with Crippen molar-refractivity contribution >= 4 is 51.9 Å². The molecule has 3 aromatic rings. The first-order chi connectivity index (χ1) is 16.4. The maximum atomic E-state index is 12.6. The fourth-order valence-corrected chi connectivity index (χ4v) is 3.65. The average molecular weight is 589 g/mol. The lowest BCUT2D eigenvalue weighted by Gasteiger charge is -2.14. The number of hydrogen-bond acceptors (Lipinski definition) is 5. The minimum Gasteiger partial charge on any atom is -0.494 e. The second-order valence-electron chi connectivity index (χ2n) is 7.03. The molecular formula is C26H22ClIN2O4. The van der Waals surface area contributed by atoms with Gasteiger partial charge in [0.2, 0.25) is 0 Å². The van der Waals surface area contributed by atoms with Crippen molar-refractivity contribution in [3.8, 4) is 23.3 Å². The van der Waals surface area contributed by atoms with Crippen LogP contribution in [-0.4, -0.2) is 19.6 Å². The number of nitrogens with zero attached hydrogens (tertiary/aromatic N) is 1. The molecule has 0 aliphatic rings. The highest BCUT2D eigenvalue weighted by Gasteiger charge is 2.15. The lowest BCUT2D eigenvalue weighted by molar-refractivity contribution is -0.112. The summed E-state index contributed by atoms with van der Waals surface area (Å²) in [6.45, 7) is 2.76. The van der Waals surface area contributed by atoms with Gasteiger partial charge in [-0.1, -0.05) is 23.7 Å². The highest BCUT2D eigenvalue weighted by Crippen LogP contribution is 2.37. The predicted octanol–water partition coefficient (Wildman–Crippen LogP) is 6.48. The number of halogens is 2. The highest BCUT2D eigenvalue weighted by atomic mass is 127. The summed E-state index contributed by atoms with van der Waals surface area (Å²) < 4.78 is 17.9. The van der Waals surface area contributed by atoms with Gasteiger partial charge in [0.05, 0.1) is 18.7 Å². The van der Waals surface area contributed by atoms with Crippen molar-refractivity contribution in [1.29, 1.82) is 5.26 Å². The van der Waals surface area contributed by atoms with E-state index in [2.05, 4.69) is 27.9 Å². The van der Waals surface area contributed by atoms with Crippen LogP contribution in [0.2, 0.25) is 5.02 Å². The molecule has 0 atom stereocenters. The van der Waals surface area contributed by atoms with E-state index in [1.165, 1.54) is 13.2 Å². The summed E-state index contributed by atoms with van der Waals surface area (Å²) in [6, 6.07) is 20.1. The number of carbonyl (C=O) groups excluding carboxylic acids is 1. The van der Waals surface area contributed by atoms with Gasteiger partial charge in [0, 0.05) is 9.26 Å². The molecule has 1 N–H and O–H groups in total. The van der Waals surface area contributed by atoms with Crippen molar-refractivity contribution in [2.24, 2.45) is 0 Å². The number of nitriles is 1. The molecule has 6 nitrogen and oxygen atoms in total. The third kappa shape index (κ3) is 6.89. The topological polar surface area (TPSA) is 80.6 Å². The Morgan fingerprint density at radius 1 is 1.12 bits per heavy atom. The van der Waals surface area contributed by atoms with Crippen molar-refractivity contribution in [3.63, 3.8) is 0 Å². The second-order valence-corrected chi connectivity index (χ2v) is 8.68. The summed E-state index contributed by atoms with van der Waals surface area (Å²) in [5.41, 5.74) is 1.98. The van der Waals surface area contributed by atoms with E-state index in [4.69, 9.17) is 25.8 Å². The summed E-state index contributed by atoms with van der Waals surface area (Å²) in [4.78, 5) is 12.6. The Bertz CT molecular complexity index is 1220. The molecule has 1 amide bonds. The van der Waals surface area contributed by atoms with Crippen LogP contribution in [0.1, 0.15) is 18.1 Å². The minimum atomic E-state index is -0.541. The van der Waals surface area contributed by atoms with Crippen LogP contribution in [0.4, 0.5) is 5.69 Å². The van der Waals surface area contributed by atoms with Gasteiger partial charge in [-0.25, -0.2) is 0 Å². The van der Waals surface area contributed by atoms with Crippen molar-refractivity contribution in [3.05, 3.63) is 86.0 Å². The molecule has 0 spiro atoms. The number of methoxy groups -OCH3 is 1. The van der Waals surface area contributed by atoms with E-state index in [0.717, 1.165) is 9.13 Å². The van der Waals surface area contributed by atoms with E-state index in [0.29, 0.717) is 46.7 Å². The van der Waals surface area contributed by atoms with Gasteiger partial charge in [0.15, 0.2) is 11.5 Å². The SMILES string of the molecule is CCOc1ccc(NC(=O)/C(C#N)=C\c2cc(Cl)c(OCc3ccc(I)cc3)c(OC)c2)cc1. The Hall–Kier alpha value is -3.22. The molecule has 0 heterocycles. The Morgan fingerprint density at radius 2 is 1.82 bits per heavy atom. The fraction of sp³-hybridized carbons (Fsp3) is 0.154. The lowest BCUT2D eigenvalue weighted by Crippen LogP contribution is -2.13. The molecule has 3 aromatic carbocycles. The number of nitrogens with one attached hydrogen (secondary N) is 1. The molecule has 0 radical (unpaired) electrons. The molecule has 0 saturated carbocycles. The van der Waals surface area contributed by atoms with Gasteiger partial charge in [-0.3, -0.25) is 4.79 Å². The summed E-state index contributed by atoms with van der Waals surface area (Å²) in [5.74, 6) is 0.939. The van der Waals surface area contributed by atoms with E-state index in [1.54, 1.807) is 36.4 Å². The van der Waals surface area contributed by atoms with Gasteiger partial charge in [-0.15, -0.1) is 0 Å². The maximum absolute atomic E-state index is 12.6. The lowest BCUT2D eigenvalue weighted by atomic mass is 10.1. The molecule has 0 aliphatic heterocycles. The molecule has 0 saturated heterocycles. The van der Waals surface area contributed by atoms with Crippen LogP contribution >= 0.6 is 34.2 Å². The van der Waals surface area contributed by atoms with Crippen molar-refractivity contribution in [2.45, 2.75) is 13.5 Å². The van der Waals surface area contributed by atoms with Gasteiger partial charge in [-0.2, -0.15) is 5.26 Å². The van der Waals surface area contributed by atoms with E-state index in [9.17, 15) is 10.1 Å². The van der Waals surface area contributed by atoms with Crippen molar-refractivity contribution in [1.82, 2.24) is 0 Å². The van der Waals surface area contributed by atoms with Crippen LogP contribution in [0.25, 0.3) is 6.08 Å². The van der Waals surface area contributed by atoms with Gasteiger partial charge < -0.3 is 19.5 Å². The smallest absolute Gasteiger partial charge is 0.266 e. The van der Waals surface area contributed by atoms with Gasteiger partial charge >= 0.3 is 0 Å². The average Bonchev–Trinajstić information content (AvgIpc) is 2.84. The molecule has 0 bridgehead atoms. The monoisotopic (exact) mass is 588 g/mol. The molecule has 174 valence electrons. The molecule has 34 heavy (non-hydrogen) atoms. The standard InChI is InChI=1S/C26H22ClIN2O4/c1-3-33-22-10-8-21(9-11-22)30-26(31)19(15-29)12-18-13-23(27)25(24(14-18)32-2)34-16-17-4-6-20(28)7-5-17/h4-14H,3,16H2,1-2H3,(H,30,31)/b19-12-. The first-order valence-electron chi connectivity index (χ1n) is 10.3. The Balaban J connectivity index is 1.77. The van der Waals surface area contributed by atoms with E-state index >= 15 is 0 Å². The molecular weight excluding hydrogens is 567 g/mol. The number of hydrogen-bond donors (Lipinski definition) is 1. The Morgan fingerprint density at radius 3 is 2.44 bits per heavy atom. The van der Waals surface area contributed by atoms with Crippen LogP contribution < -0.4 is 19.5 Å². The number of benzene rings is 3. The number of anilines is 1. The molecule has 0 fully saturated rings. The number of amides is 1. The summed E-state index contributed by atoms with van der Waals surface area (Å²) in [5, 5.41) is 12.6. The van der Waals surface area contributed by atoms with Crippen LogP contribution in [-0.2, 0) is 11.4 Å². The van der Waals surface area contributed by atoms with Crippen LogP contribution in [0.5, 0.6) is 17.2 Å². The third-order valence-electron chi connectivity index (χ3n) is 4.65. The number of rotatable bonds is 9. The zero-order chi connectivity index (χ0) is 24.5. The fourth-order valence-electron chi connectivity index (χ4n) is 3.01. The zero-order valence-corrected chi connectivity index (χ0v) is 21.5. The largest absolute Gasteiger partial charge is 0.494 e. The summed E-state index contributed by atoms with van der Waals surface area (Å²) >= 11 is 8.69. The first-order valence-corrected chi connectivity index (χ1v) is 11.8. The van der Waals surface area contributed by atoms with Crippen LogP contribution in [0.15, 0.2) is 66.2 Å². The maximum Gasteiger partial charge on any atom is 0.266 e. The predicted molar refractivity (Wildman–Crippen MR) is 141 cm³/mol. The van der Waals surface area contributed by atoms with Crippen molar-refractivity contribution < 1.29 is 19.0 Å². The van der Waals surface area contributed by atoms with Gasteiger partial charge in [0.1, 0.15) is 24.0 Å². The van der Waals surface area contributed by atoms with Gasteiger partial charge in [0.25, 0.3) is 5.91 Å². The highest BCUT2D eigenvalue weighted by molar-refractivity contribution is 14.1. The Labute approximate surface area is 217 Å². The van der Waals surface area contributed by atoms with E-state index in [-0.39, 0.29) is 5.57 Å². The van der Waals surface area contributed by atoms with E-state index in [1.807, 2.05) is 37.3 Å². The third-order valence-corrected chi connectivity index (χ3v) is 5.65. The van der Waals surface area contributed by atoms with Crippen molar-refractivity contribution in [2.75, 3.05) is 19.0 Å².